The van der Waals surface area contributed by atoms with Gasteiger partial charge in [-0.05, 0) is 57.5 Å². The Hall–Kier alpha value is -0.770. The molecule has 2 aliphatic heterocycles. The van der Waals surface area contributed by atoms with E-state index in [1.807, 2.05) is 0 Å². The maximum absolute atomic E-state index is 12.3. The van der Waals surface area contributed by atoms with E-state index >= 15 is 0 Å². The third-order valence-electron chi connectivity index (χ3n) is 5.55. The Balaban J connectivity index is 1.37. The molecule has 1 N–H and O–H groups in total. The smallest absolute Gasteiger partial charge is 0.317 e. The molecule has 0 atom stereocenters. The lowest BCUT2D eigenvalue weighted by molar-refractivity contribution is 0.150. The lowest BCUT2D eigenvalue weighted by Gasteiger charge is -2.35. The van der Waals surface area contributed by atoms with Crippen molar-refractivity contribution in [2.24, 2.45) is 5.92 Å². The van der Waals surface area contributed by atoms with Crippen LogP contribution in [-0.2, 0) is 0 Å². The van der Waals surface area contributed by atoms with E-state index in [0.717, 1.165) is 19.0 Å². The van der Waals surface area contributed by atoms with Gasteiger partial charge in [0.15, 0.2) is 0 Å². The number of piperidine rings is 1. The molecule has 2 heterocycles. The highest BCUT2D eigenvalue weighted by Crippen LogP contribution is 2.22. The van der Waals surface area contributed by atoms with Crippen LogP contribution in [0.1, 0.15) is 57.8 Å². The second kappa shape index (κ2) is 7.48. The lowest BCUT2D eigenvalue weighted by atomic mass is 9.95. The summed E-state index contributed by atoms with van der Waals surface area (Å²) in [6.07, 6.45) is 11.4. The van der Waals surface area contributed by atoms with Crippen molar-refractivity contribution in [2.75, 3.05) is 32.7 Å². The predicted octanol–water partition coefficient (Wildman–Crippen LogP) is 2.84. The van der Waals surface area contributed by atoms with Gasteiger partial charge in [-0.15, -0.1) is 0 Å². The summed E-state index contributed by atoms with van der Waals surface area (Å²) in [5, 5.41) is 3.25. The fourth-order valence-corrected chi connectivity index (χ4v) is 4.16. The minimum atomic E-state index is 0.196. The van der Waals surface area contributed by atoms with Gasteiger partial charge in [-0.1, -0.05) is 19.3 Å². The zero-order chi connectivity index (χ0) is 14.5. The molecule has 4 nitrogen and oxygen atoms in total. The fourth-order valence-electron chi connectivity index (χ4n) is 4.16. The Labute approximate surface area is 129 Å². The van der Waals surface area contributed by atoms with Crippen molar-refractivity contribution in [3.63, 3.8) is 0 Å². The van der Waals surface area contributed by atoms with Crippen LogP contribution in [0.4, 0.5) is 4.79 Å². The molecular formula is C17H31N3O. The van der Waals surface area contributed by atoms with Gasteiger partial charge in [0.1, 0.15) is 0 Å². The zero-order valence-corrected chi connectivity index (χ0v) is 13.4. The van der Waals surface area contributed by atoms with Gasteiger partial charge in [0.05, 0.1) is 0 Å². The molecule has 3 fully saturated rings. The molecule has 0 bridgehead atoms. The normalized spacial score (nSPS) is 26.2. The van der Waals surface area contributed by atoms with Gasteiger partial charge in [-0.2, -0.15) is 0 Å². The van der Waals surface area contributed by atoms with Crippen molar-refractivity contribution >= 4 is 6.03 Å². The van der Waals surface area contributed by atoms with Gasteiger partial charge in [0.25, 0.3) is 0 Å². The molecule has 1 aliphatic carbocycles. The monoisotopic (exact) mass is 293 g/mol. The Morgan fingerprint density at radius 1 is 0.857 bits per heavy atom. The summed E-state index contributed by atoms with van der Waals surface area (Å²) in [4.78, 5) is 17.0. The first kappa shape index (κ1) is 15.1. The van der Waals surface area contributed by atoms with Crippen LogP contribution in [-0.4, -0.2) is 54.6 Å². The molecule has 3 rings (SSSR count). The summed E-state index contributed by atoms with van der Waals surface area (Å²) in [5.74, 6) is 0.807. The number of nitrogens with zero attached hydrogens (tertiary/aromatic N) is 2. The Morgan fingerprint density at radius 2 is 1.52 bits per heavy atom. The van der Waals surface area contributed by atoms with E-state index in [0.29, 0.717) is 6.04 Å². The summed E-state index contributed by atoms with van der Waals surface area (Å²) in [6, 6.07) is 0.634. The Kier molecular flexibility index (Phi) is 5.39. The molecule has 21 heavy (non-hydrogen) atoms. The first-order valence-electron chi connectivity index (χ1n) is 9.09. The van der Waals surface area contributed by atoms with Crippen molar-refractivity contribution < 1.29 is 4.79 Å². The largest absolute Gasteiger partial charge is 0.335 e. The second-order valence-electron chi connectivity index (χ2n) is 7.22. The molecule has 120 valence electrons. The standard InChI is InChI=1S/C17H31N3O/c21-17(18-16-6-2-1-3-7-16)20-12-8-15(9-13-20)14-19-10-4-5-11-19/h15-16H,1-14H2,(H,18,21). The summed E-state index contributed by atoms with van der Waals surface area (Å²) in [5.41, 5.74) is 0. The third kappa shape index (κ3) is 4.35. The number of amides is 2. The second-order valence-corrected chi connectivity index (χ2v) is 7.22. The van der Waals surface area contributed by atoms with Crippen LogP contribution >= 0.6 is 0 Å². The van der Waals surface area contributed by atoms with Crippen molar-refractivity contribution in [3.8, 4) is 0 Å². The minimum Gasteiger partial charge on any atom is -0.335 e. The number of carbonyl (C=O) groups excluding carboxylic acids is 1. The molecule has 0 radical (unpaired) electrons. The molecule has 2 saturated heterocycles. The van der Waals surface area contributed by atoms with Crippen LogP contribution in [0.25, 0.3) is 0 Å². The number of hydrogen-bond donors (Lipinski definition) is 1. The number of rotatable bonds is 3. The van der Waals surface area contributed by atoms with Crippen molar-refractivity contribution in [2.45, 2.75) is 63.8 Å². The van der Waals surface area contributed by atoms with E-state index in [1.54, 1.807) is 0 Å². The van der Waals surface area contributed by atoms with Crippen LogP contribution in [0.2, 0.25) is 0 Å². The Bertz CT molecular complexity index is 327. The maximum atomic E-state index is 12.3. The topological polar surface area (TPSA) is 35.6 Å². The van der Waals surface area contributed by atoms with Crippen molar-refractivity contribution in [1.29, 1.82) is 0 Å². The molecule has 0 aromatic rings. The van der Waals surface area contributed by atoms with Crippen LogP contribution in [0.15, 0.2) is 0 Å². The quantitative estimate of drug-likeness (QED) is 0.868. The van der Waals surface area contributed by atoms with Crippen LogP contribution in [0.5, 0.6) is 0 Å². The highest BCUT2D eigenvalue weighted by Gasteiger charge is 2.26. The van der Waals surface area contributed by atoms with Crippen molar-refractivity contribution in [3.05, 3.63) is 0 Å². The number of carbonyl (C=O) groups is 1. The Morgan fingerprint density at radius 3 is 2.19 bits per heavy atom. The number of hydrogen-bond acceptors (Lipinski definition) is 2. The third-order valence-corrected chi connectivity index (χ3v) is 5.55. The molecular weight excluding hydrogens is 262 g/mol. The summed E-state index contributed by atoms with van der Waals surface area (Å²) >= 11 is 0. The molecule has 4 heteroatoms. The number of nitrogens with one attached hydrogen (secondary N) is 1. The van der Waals surface area contributed by atoms with Crippen molar-refractivity contribution in [1.82, 2.24) is 15.1 Å². The molecule has 1 saturated carbocycles. The SMILES string of the molecule is O=C(NC1CCCCC1)N1CCC(CN2CCCC2)CC1. The fraction of sp³-hybridized carbons (Fsp3) is 0.941. The van der Waals surface area contributed by atoms with Crippen LogP contribution in [0, 0.1) is 5.92 Å². The van der Waals surface area contributed by atoms with Gasteiger partial charge < -0.3 is 15.1 Å². The molecule has 0 unspecified atom stereocenters. The average molecular weight is 293 g/mol. The average Bonchev–Trinajstić information content (AvgIpc) is 3.02. The van der Waals surface area contributed by atoms with E-state index in [2.05, 4.69) is 15.1 Å². The van der Waals surface area contributed by atoms with Gasteiger partial charge in [-0.25, -0.2) is 4.79 Å². The van der Waals surface area contributed by atoms with Crippen LogP contribution in [0.3, 0.4) is 0 Å². The van der Waals surface area contributed by atoms with Crippen LogP contribution < -0.4 is 5.32 Å². The summed E-state index contributed by atoms with van der Waals surface area (Å²) in [6.45, 7) is 5.76. The summed E-state index contributed by atoms with van der Waals surface area (Å²) in [7, 11) is 0. The lowest BCUT2D eigenvalue weighted by Crippen LogP contribution is -2.49. The first-order valence-corrected chi connectivity index (χ1v) is 9.09. The summed E-state index contributed by atoms with van der Waals surface area (Å²) < 4.78 is 0. The van der Waals surface area contributed by atoms with Gasteiger partial charge >= 0.3 is 6.03 Å². The predicted molar refractivity (Wildman–Crippen MR) is 85.4 cm³/mol. The van der Waals surface area contributed by atoms with E-state index in [-0.39, 0.29) is 6.03 Å². The van der Waals surface area contributed by atoms with E-state index in [1.165, 1.54) is 77.4 Å². The molecule has 2 amide bonds. The molecule has 3 aliphatic rings. The van der Waals surface area contributed by atoms with Gasteiger partial charge in [0.2, 0.25) is 0 Å². The molecule has 0 aromatic carbocycles. The van der Waals surface area contributed by atoms with E-state index in [9.17, 15) is 4.79 Å². The zero-order valence-electron chi connectivity index (χ0n) is 13.4. The van der Waals surface area contributed by atoms with Gasteiger partial charge in [0, 0.05) is 25.7 Å². The number of likely N-dealkylation sites (tertiary alicyclic amines) is 2. The van der Waals surface area contributed by atoms with E-state index in [4.69, 9.17) is 0 Å². The number of urea groups is 1. The van der Waals surface area contributed by atoms with E-state index < -0.39 is 0 Å². The molecule has 0 aromatic heterocycles. The van der Waals surface area contributed by atoms with Gasteiger partial charge in [-0.3, -0.25) is 0 Å². The highest BCUT2D eigenvalue weighted by molar-refractivity contribution is 5.74. The maximum Gasteiger partial charge on any atom is 0.317 e. The molecule has 0 spiro atoms. The minimum absolute atomic E-state index is 0.196. The highest BCUT2D eigenvalue weighted by atomic mass is 16.2. The first-order chi connectivity index (χ1) is 10.3.